The smallest absolute Gasteiger partial charge is 0.344 e. The van der Waals surface area contributed by atoms with Crippen LogP contribution in [0.25, 0.3) is 0 Å². The van der Waals surface area contributed by atoms with E-state index in [0.717, 1.165) is 0 Å². The average Bonchev–Trinajstić information content (AvgIpc) is 2.61. The molecule has 0 aliphatic heterocycles. The van der Waals surface area contributed by atoms with E-state index in [1.165, 1.54) is 48.5 Å². The van der Waals surface area contributed by atoms with Crippen LogP contribution in [0.5, 0.6) is 5.75 Å². The van der Waals surface area contributed by atoms with Crippen LogP contribution in [0.3, 0.4) is 0 Å². The summed E-state index contributed by atoms with van der Waals surface area (Å²) in [5, 5.41) is 2.46. The molecule has 2 rings (SSSR count). The third kappa shape index (κ3) is 7.06. The van der Waals surface area contributed by atoms with Crippen molar-refractivity contribution >= 4 is 29.3 Å². The predicted octanol–water partition coefficient (Wildman–Crippen LogP) is 3.70. The summed E-state index contributed by atoms with van der Waals surface area (Å²) in [7, 11) is 0. The molecule has 9 heteroatoms. The molecule has 138 valence electrons. The fourth-order valence-corrected chi connectivity index (χ4v) is 2.28. The summed E-state index contributed by atoms with van der Waals surface area (Å²) < 4.78 is 47.0. The summed E-state index contributed by atoms with van der Waals surface area (Å²) in [6.45, 7) is -0.961. The van der Waals surface area contributed by atoms with Crippen molar-refractivity contribution in [3.63, 3.8) is 0 Å². The highest BCUT2D eigenvalue weighted by molar-refractivity contribution is 7.99. The van der Waals surface area contributed by atoms with Crippen molar-refractivity contribution < 1.29 is 32.2 Å². The number of rotatable bonds is 8. The van der Waals surface area contributed by atoms with Gasteiger partial charge in [-0.15, -0.1) is 0 Å². The maximum absolute atomic E-state index is 12.7. The molecule has 0 saturated carbocycles. The van der Waals surface area contributed by atoms with Gasteiger partial charge in [-0.2, -0.15) is 8.78 Å². The Bertz CT molecular complexity index is 739. The van der Waals surface area contributed by atoms with Crippen molar-refractivity contribution in [3.05, 3.63) is 54.3 Å². The molecule has 0 heterocycles. The number of esters is 1. The molecule has 0 bridgehead atoms. The molecular weight excluding hydrogens is 371 g/mol. The summed E-state index contributed by atoms with van der Waals surface area (Å²) >= 11 is 0.394. The van der Waals surface area contributed by atoms with Crippen LogP contribution in [0.4, 0.5) is 18.9 Å². The number of hydrogen-bond acceptors (Lipinski definition) is 5. The van der Waals surface area contributed by atoms with Crippen LogP contribution < -0.4 is 10.1 Å². The van der Waals surface area contributed by atoms with Gasteiger partial charge in [0.2, 0.25) is 0 Å². The minimum absolute atomic E-state index is 0.287. The molecule has 26 heavy (non-hydrogen) atoms. The van der Waals surface area contributed by atoms with Gasteiger partial charge in [0.25, 0.3) is 11.7 Å². The van der Waals surface area contributed by atoms with Gasteiger partial charge in [0, 0.05) is 10.6 Å². The summed E-state index contributed by atoms with van der Waals surface area (Å²) in [5.41, 5.74) is 0.382. The number of carbonyl (C=O) groups excluding carboxylic acids is 2. The van der Waals surface area contributed by atoms with Crippen molar-refractivity contribution in [2.24, 2.45) is 0 Å². The summed E-state index contributed by atoms with van der Waals surface area (Å²) in [4.78, 5) is 23.6. The van der Waals surface area contributed by atoms with Crippen LogP contribution in [-0.2, 0) is 14.3 Å². The van der Waals surface area contributed by atoms with Crippen LogP contribution in [0, 0.1) is 5.82 Å². The Morgan fingerprint density at radius 1 is 1.00 bits per heavy atom. The van der Waals surface area contributed by atoms with Crippen molar-refractivity contribution in [1.82, 2.24) is 0 Å². The zero-order valence-electron chi connectivity index (χ0n) is 13.3. The molecule has 1 amide bonds. The molecule has 0 spiro atoms. The Balaban J connectivity index is 1.70. The molecule has 5 nitrogen and oxygen atoms in total. The van der Waals surface area contributed by atoms with Gasteiger partial charge in [0.15, 0.2) is 13.2 Å². The molecule has 0 radical (unpaired) electrons. The number of alkyl halides is 2. The number of amides is 1. The molecule has 0 aliphatic carbocycles. The second-order valence-corrected chi connectivity index (χ2v) is 5.92. The van der Waals surface area contributed by atoms with E-state index in [2.05, 4.69) is 5.32 Å². The van der Waals surface area contributed by atoms with Gasteiger partial charge in [0.05, 0.1) is 0 Å². The number of anilines is 1. The number of ether oxygens (including phenoxy) is 2. The molecule has 0 aliphatic rings. The highest BCUT2D eigenvalue weighted by Crippen LogP contribution is 2.26. The molecule has 0 atom stereocenters. The number of halogens is 3. The van der Waals surface area contributed by atoms with E-state index < -0.39 is 36.7 Å². The summed E-state index contributed by atoms with van der Waals surface area (Å²) in [5.74, 6) is -4.03. The normalized spacial score (nSPS) is 10.5. The van der Waals surface area contributed by atoms with E-state index in [1.807, 2.05) is 0 Å². The second-order valence-electron chi connectivity index (χ2n) is 4.85. The number of benzene rings is 2. The van der Waals surface area contributed by atoms with Crippen molar-refractivity contribution in [2.75, 3.05) is 18.5 Å². The molecule has 2 aromatic carbocycles. The first kappa shape index (κ1) is 19.6. The van der Waals surface area contributed by atoms with Gasteiger partial charge in [-0.25, -0.2) is 9.18 Å². The largest absolute Gasteiger partial charge is 0.482 e. The zero-order valence-corrected chi connectivity index (χ0v) is 14.1. The standard InChI is InChI=1S/C17H14F3NO4S/c18-11-1-5-13(6-2-11)24-10-16(23)25-9-15(22)21-12-3-7-14(8-4-12)26-17(19)20/h1-8,17H,9-10H2,(H,21,22). The van der Waals surface area contributed by atoms with E-state index in [1.54, 1.807) is 0 Å². The zero-order chi connectivity index (χ0) is 18.9. The van der Waals surface area contributed by atoms with E-state index >= 15 is 0 Å². The third-order valence-corrected chi connectivity index (χ3v) is 3.62. The van der Waals surface area contributed by atoms with Gasteiger partial charge >= 0.3 is 5.97 Å². The Morgan fingerprint density at radius 3 is 2.27 bits per heavy atom. The minimum atomic E-state index is -2.52. The maximum atomic E-state index is 12.7. The summed E-state index contributed by atoms with van der Waals surface area (Å²) in [6, 6.07) is 10.9. The van der Waals surface area contributed by atoms with E-state index in [9.17, 15) is 22.8 Å². The lowest BCUT2D eigenvalue weighted by atomic mass is 10.3. The first-order valence-electron chi connectivity index (χ1n) is 7.31. The molecule has 0 fully saturated rings. The van der Waals surface area contributed by atoms with Gasteiger partial charge < -0.3 is 14.8 Å². The number of hydrogen-bond donors (Lipinski definition) is 1. The number of carbonyl (C=O) groups is 2. The van der Waals surface area contributed by atoms with Crippen LogP contribution >= 0.6 is 11.8 Å². The Kier molecular flexibility index (Phi) is 7.34. The topological polar surface area (TPSA) is 64.6 Å². The predicted molar refractivity (Wildman–Crippen MR) is 89.8 cm³/mol. The van der Waals surface area contributed by atoms with Gasteiger partial charge in [-0.1, -0.05) is 11.8 Å². The Morgan fingerprint density at radius 2 is 1.65 bits per heavy atom. The lowest BCUT2D eigenvalue weighted by Crippen LogP contribution is -2.23. The maximum Gasteiger partial charge on any atom is 0.344 e. The van der Waals surface area contributed by atoms with Crippen LogP contribution in [-0.4, -0.2) is 30.8 Å². The van der Waals surface area contributed by atoms with Crippen molar-refractivity contribution in [3.8, 4) is 5.75 Å². The van der Waals surface area contributed by atoms with Gasteiger partial charge in [0.1, 0.15) is 11.6 Å². The third-order valence-electron chi connectivity index (χ3n) is 2.90. The highest BCUT2D eigenvalue weighted by Gasteiger charge is 2.10. The van der Waals surface area contributed by atoms with Crippen LogP contribution in [0.15, 0.2) is 53.4 Å². The van der Waals surface area contributed by atoms with E-state index in [0.29, 0.717) is 22.3 Å². The fourth-order valence-electron chi connectivity index (χ4n) is 1.78. The monoisotopic (exact) mass is 385 g/mol. The van der Waals surface area contributed by atoms with E-state index in [-0.39, 0.29) is 5.75 Å². The first-order chi connectivity index (χ1) is 12.4. The van der Waals surface area contributed by atoms with Gasteiger partial charge in [-0.05, 0) is 48.5 Å². The fraction of sp³-hybridized carbons (Fsp3) is 0.176. The molecule has 0 unspecified atom stereocenters. The van der Waals surface area contributed by atoms with Gasteiger partial charge in [-0.3, -0.25) is 4.79 Å². The van der Waals surface area contributed by atoms with E-state index in [4.69, 9.17) is 9.47 Å². The SMILES string of the molecule is O=C(COC(=O)COc1ccc(F)cc1)Nc1ccc(SC(F)F)cc1. The van der Waals surface area contributed by atoms with Crippen molar-refractivity contribution in [2.45, 2.75) is 10.7 Å². The second kappa shape index (κ2) is 9.71. The highest BCUT2D eigenvalue weighted by atomic mass is 32.2. The lowest BCUT2D eigenvalue weighted by molar-refractivity contribution is -0.149. The molecule has 1 N–H and O–H groups in total. The number of nitrogens with one attached hydrogen (secondary N) is 1. The van der Waals surface area contributed by atoms with Crippen molar-refractivity contribution in [1.29, 1.82) is 0 Å². The summed E-state index contributed by atoms with van der Waals surface area (Å²) in [6.07, 6.45) is 0. The Labute approximate surface area is 151 Å². The van der Waals surface area contributed by atoms with Crippen LogP contribution in [0.2, 0.25) is 0 Å². The first-order valence-corrected chi connectivity index (χ1v) is 8.19. The molecule has 0 saturated heterocycles. The quantitative estimate of drug-likeness (QED) is 0.555. The van der Waals surface area contributed by atoms with Crippen LogP contribution in [0.1, 0.15) is 0 Å². The minimum Gasteiger partial charge on any atom is -0.482 e. The number of thioether (sulfide) groups is 1. The lowest BCUT2D eigenvalue weighted by Gasteiger charge is -2.08. The average molecular weight is 385 g/mol. The molecule has 2 aromatic rings. The Hall–Kier alpha value is -2.68. The molecule has 0 aromatic heterocycles. The molecular formula is C17H14F3NO4S.